The van der Waals surface area contributed by atoms with Gasteiger partial charge in [0, 0.05) is 15.6 Å². The van der Waals surface area contributed by atoms with E-state index in [1.807, 2.05) is 0 Å². The Morgan fingerprint density at radius 3 is 2.85 bits per heavy atom. The van der Waals surface area contributed by atoms with Gasteiger partial charge in [-0.15, -0.1) is 0 Å². The lowest BCUT2D eigenvalue weighted by Gasteiger charge is -2.00. The molecule has 1 amide bonds. The van der Waals surface area contributed by atoms with Crippen LogP contribution in [0.1, 0.15) is 21.6 Å². The number of carbonyl (C=O) groups excluding carboxylic acids is 1. The summed E-state index contributed by atoms with van der Waals surface area (Å²) in [5.41, 5.74) is 2.74. The first kappa shape index (κ1) is 14.1. The van der Waals surface area contributed by atoms with Crippen LogP contribution in [0.25, 0.3) is 0 Å². The number of aromatic hydroxyl groups is 1. The molecule has 1 heterocycles. The summed E-state index contributed by atoms with van der Waals surface area (Å²) in [5.74, 6) is -0.510. The normalized spacial score (nSPS) is 10.9. The number of nitrogens with one attached hydrogen (secondary N) is 3. The van der Waals surface area contributed by atoms with Crippen LogP contribution in [0.2, 0.25) is 0 Å². The smallest absolute Gasteiger partial charge is 0.289 e. The number of aromatic nitrogens is 2. The van der Waals surface area contributed by atoms with Crippen LogP contribution in [-0.4, -0.2) is 27.4 Å². The molecule has 8 heteroatoms. The zero-order valence-corrected chi connectivity index (χ0v) is 12.0. The second-order valence-electron chi connectivity index (χ2n) is 3.98. The summed E-state index contributed by atoms with van der Waals surface area (Å²) in [4.78, 5) is 22.9. The highest BCUT2D eigenvalue weighted by molar-refractivity contribution is 9.10. The van der Waals surface area contributed by atoms with E-state index in [2.05, 4.69) is 36.7 Å². The van der Waals surface area contributed by atoms with E-state index >= 15 is 0 Å². The first-order valence-corrected chi connectivity index (χ1v) is 6.37. The van der Waals surface area contributed by atoms with Crippen LogP contribution in [0.5, 0.6) is 5.75 Å². The maximum Gasteiger partial charge on any atom is 0.289 e. The van der Waals surface area contributed by atoms with Gasteiger partial charge in [0.1, 0.15) is 11.4 Å². The number of aromatic amines is 2. The lowest BCUT2D eigenvalue weighted by molar-refractivity contribution is 0.0949. The molecule has 0 saturated heterocycles. The van der Waals surface area contributed by atoms with Crippen molar-refractivity contribution in [2.75, 3.05) is 0 Å². The average molecular weight is 339 g/mol. The van der Waals surface area contributed by atoms with Crippen LogP contribution < -0.4 is 11.0 Å². The maximum atomic E-state index is 11.7. The van der Waals surface area contributed by atoms with Crippen LogP contribution in [0.15, 0.2) is 32.6 Å². The minimum atomic E-state index is -0.549. The molecule has 0 bridgehead atoms. The van der Waals surface area contributed by atoms with Crippen molar-refractivity contribution >= 4 is 28.1 Å². The van der Waals surface area contributed by atoms with Crippen molar-refractivity contribution in [1.82, 2.24) is 15.6 Å². The van der Waals surface area contributed by atoms with Crippen molar-refractivity contribution in [2.24, 2.45) is 5.10 Å². The zero-order chi connectivity index (χ0) is 14.7. The van der Waals surface area contributed by atoms with Gasteiger partial charge in [0.15, 0.2) is 0 Å². The number of halogens is 1. The molecule has 0 aliphatic heterocycles. The van der Waals surface area contributed by atoms with E-state index in [1.54, 1.807) is 12.1 Å². The van der Waals surface area contributed by atoms with Gasteiger partial charge in [-0.3, -0.25) is 19.8 Å². The molecule has 2 rings (SSSR count). The molecule has 0 radical (unpaired) electrons. The molecule has 0 saturated carbocycles. The second-order valence-corrected chi connectivity index (χ2v) is 4.90. The molecule has 0 unspecified atom stereocenters. The van der Waals surface area contributed by atoms with E-state index in [1.165, 1.54) is 19.2 Å². The van der Waals surface area contributed by atoms with Gasteiger partial charge in [-0.05, 0) is 25.1 Å². The molecule has 20 heavy (non-hydrogen) atoms. The number of benzene rings is 1. The van der Waals surface area contributed by atoms with Crippen molar-refractivity contribution < 1.29 is 9.90 Å². The lowest BCUT2D eigenvalue weighted by atomic mass is 10.2. The number of phenolic OH excluding ortho intramolecular Hbond substituents is 1. The van der Waals surface area contributed by atoms with Gasteiger partial charge in [0.25, 0.3) is 11.5 Å². The van der Waals surface area contributed by atoms with Gasteiger partial charge in [0.05, 0.1) is 6.21 Å². The average Bonchev–Trinajstić information content (AvgIpc) is 2.74. The Morgan fingerprint density at radius 2 is 2.20 bits per heavy atom. The molecule has 2 aromatic rings. The van der Waals surface area contributed by atoms with Crippen LogP contribution in [0.4, 0.5) is 0 Å². The highest BCUT2D eigenvalue weighted by Gasteiger charge is 2.12. The van der Waals surface area contributed by atoms with Crippen molar-refractivity contribution in [1.29, 1.82) is 0 Å². The van der Waals surface area contributed by atoms with Crippen molar-refractivity contribution in [3.8, 4) is 5.75 Å². The molecule has 0 aliphatic rings. The third-order valence-electron chi connectivity index (χ3n) is 2.60. The van der Waals surface area contributed by atoms with Gasteiger partial charge in [0.2, 0.25) is 0 Å². The van der Waals surface area contributed by atoms with Gasteiger partial charge in [-0.1, -0.05) is 15.9 Å². The standard InChI is InChI=1S/C12H11BrN4O3/c1-6-10(15-17-11(6)19)12(20)16-14-5-7-4-8(13)2-3-9(7)18/h2-5,18H,1H3,(H,16,20)(H2,15,17,19)/b14-5-. The Morgan fingerprint density at radius 1 is 1.45 bits per heavy atom. The summed E-state index contributed by atoms with van der Waals surface area (Å²) in [6.07, 6.45) is 1.30. The zero-order valence-electron chi connectivity index (χ0n) is 10.4. The summed E-state index contributed by atoms with van der Waals surface area (Å²) in [6.45, 7) is 1.52. The van der Waals surface area contributed by atoms with Crippen LogP contribution >= 0.6 is 15.9 Å². The predicted molar refractivity (Wildman–Crippen MR) is 77.0 cm³/mol. The van der Waals surface area contributed by atoms with E-state index in [4.69, 9.17) is 0 Å². The van der Waals surface area contributed by atoms with E-state index in [0.29, 0.717) is 5.56 Å². The Bertz CT molecular complexity index is 733. The molecule has 0 aliphatic carbocycles. The molecular weight excluding hydrogens is 328 g/mol. The first-order valence-electron chi connectivity index (χ1n) is 5.58. The molecular formula is C12H11BrN4O3. The third-order valence-corrected chi connectivity index (χ3v) is 3.10. The molecule has 1 aromatic heterocycles. The fourth-order valence-corrected chi connectivity index (χ4v) is 1.87. The summed E-state index contributed by atoms with van der Waals surface area (Å²) in [5, 5.41) is 18.1. The summed E-state index contributed by atoms with van der Waals surface area (Å²) >= 11 is 3.26. The van der Waals surface area contributed by atoms with Gasteiger partial charge >= 0.3 is 0 Å². The van der Waals surface area contributed by atoms with Gasteiger partial charge < -0.3 is 5.11 Å². The number of rotatable bonds is 3. The van der Waals surface area contributed by atoms with E-state index < -0.39 is 5.91 Å². The lowest BCUT2D eigenvalue weighted by Crippen LogP contribution is -2.19. The second kappa shape index (κ2) is 5.74. The largest absolute Gasteiger partial charge is 0.507 e. The van der Waals surface area contributed by atoms with E-state index in [-0.39, 0.29) is 22.6 Å². The highest BCUT2D eigenvalue weighted by atomic mass is 79.9. The Labute approximate surface area is 121 Å². The summed E-state index contributed by atoms with van der Waals surface area (Å²) in [7, 11) is 0. The number of hydrogen-bond acceptors (Lipinski definition) is 4. The van der Waals surface area contributed by atoms with Gasteiger partial charge in [-0.25, -0.2) is 5.43 Å². The highest BCUT2D eigenvalue weighted by Crippen LogP contribution is 2.19. The Balaban J connectivity index is 2.10. The number of hydrogen-bond donors (Lipinski definition) is 4. The number of hydrazone groups is 1. The van der Waals surface area contributed by atoms with Crippen molar-refractivity contribution in [2.45, 2.75) is 6.92 Å². The Kier molecular flexibility index (Phi) is 4.04. The monoisotopic (exact) mass is 338 g/mol. The van der Waals surface area contributed by atoms with E-state index in [9.17, 15) is 14.7 Å². The number of carbonyl (C=O) groups is 1. The molecule has 4 N–H and O–H groups in total. The quantitative estimate of drug-likeness (QED) is 0.499. The fraction of sp³-hybridized carbons (Fsp3) is 0.0833. The van der Waals surface area contributed by atoms with Crippen molar-refractivity contribution in [3.63, 3.8) is 0 Å². The minimum Gasteiger partial charge on any atom is -0.507 e. The molecule has 0 spiro atoms. The molecule has 0 atom stereocenters. The summed E-state index contributed by atoms with van der Waals surface area (Å²) in [6, 6.07) is 4.83. The molecule has 0 fully saturated rings. The maximum absolute atomic E-state index is 11.7. The van der Waals surface area contributed by atoms with Crippen molar-refractivity contribution in [3.05, 3.63) is 49.8 Å². The first-order chi connectivity index (χ1) is 9.49. The predicted octanol–water partition coefficient (Wildman–Crippen LogP) is 1.24. The number of H-pyrrole nitrogens is 2. The fourth-order valence-electron chi connectivity index (χ4n) is 1.49. The SMILES string of the molecule is Cc1c(C(=O)N/N=C\c2cc(Br)ccc2O)[nH][nH]c1=O. The van der Waals surface area contributed by atoms with Gasteiger partial charge in [-0.2, -0.15) is 5.10 Å². The van der Waals surface area contributed by atoms with Crippen LogP contribution in [-0.2, 0) is 0 Å². The summed E-state index contributed by atoms with van der Waals surface area (Å²) < 4.78 is 0.772. The minimum absolute atomic E-state index is 0.0393. The van der Waals surface area contributed by atoms with E-state index in [0.717, 1.165) is 4.47 Å². The molecule has 104 valence electrons. The third kappa shape index (κ3) is 2.97. The molecule has 7 nitrogen and oxygen atoms in total. The topological polar surface area (TPSA) is 110 Å². The molecule has 1 aromatic carbocycles. The van der Waals surface area contributed by atoms with Crippen LogP contribution in [0.3, 0.4) is 0 Å². The number of nitrogens with zero attached hydrogens (tertiary/aromatic N) is 1. The van der Waals surface area contributed by atoms with Crippen LogP contribution in [0, 0.1) is 6.92 Å². The number of amides is 1. The Hall–Kier alpha value is -2.35. The number of phenols is 1.